The maximum absolute atomic E-state index is 11.8. The standard InChI is InChI=1S/C14H11N3O2/c1-19-14(18)10-5-4-8-15-13(10)17-9-16-11-6-2-3-7-12(11)17/h2-9H,1H3. The molecule has 0 aliphatic carbocycles. The van der Waals surface area contributed by atoms with Crippen molar-refractivity contribution >= 4 is 17.0 Å². The van der Waals surface area contributed by atoms with Crippen LogP contribution in [0, 0.1) is 0 Å². The summed E-state index contributed by atoms with van der Waals surface area (Å²) in [6.45, 7) is 0. The van der Waals surface area contributed by atoms with Crippen LogP contribution in [0.2, 0.25) is 0 Å². The van der Waals surface area contributed by atoms with E-state index < -0.39 is 5.97 Å². The third kappa shape index (κ3) is 1.85. The fraction of sp³-hybridized carbons (Fsp3) is 0.0714. The highest BCUT2D eigenvalue weighted by Gasteiger charge is 2.15. The van der Waals surface area contributed by atoms with E-state index in [9.17, 15) is 4.79 Å². The number of ether oxygens (including phenoxy) is 1. The number of nitrogens with zero attached hydrogens (tertiary/aromatic N) is 3. The number of aromatic nitrogens is 3. The molecule has 0 amide bonds. The molecule has 0 N–H and O–H groups in total. The molecule has 3 rings (SSSR count). The Bertz CT molecular complexity index is 749. The van der Waals surface area contributed by atoms with Crippen molar-refractivity contribution in [2.24, 2.45) is 0 Å². The normalized spacial score (nSPS) is 10.6. The average molecular weight is 253 g/mol. The van der Waals surface area contributed by atoms with Crippen molar-refractivity contribution in [2.75, 3.05) is 7.11 Å². The van der Waals surface area contributed by atoms with Crippen LogP contribution in [0.15, 0.2) is 48.9 Å². The van der Waals surface area contributed by atoms with E-state index in [0.29, 0.717) is 11.4 Å². The van der Waals surface area contributed by atoms with Crippen LogP contribution >= 0.6 is 0 Å². The van der Waals surface area contributed by atoms with E-state index in [1.165, 1.54) is 7.11 Å². The minimum absolute atomic E-state index is 0.410. The Morgan fingerprint density at radius 1 is 1.16 bits per heavy atom. The molecule has 0 atom stereocenters. The Morgan fingerprint density at radius 2 is 2.00 bits per heavy atom. The Labute approximate surface area is 109 Å². The van der Waals surface area contributed by atoms with Gasteiger partial charge in [-0.1, -0.05) is 12.1 Å². The third-order valence-electron chi connectivity index (χ3n) is 2.87. The number of methoxy groups -OCH3 is 1. The maximum atomic E-state index is 11.8. The molecule has 5 heteroatoms. The number of hydrogen-bond donors (Lipinski definition) is 0. The Balaban J connectivity index is 2.25. The molecule has 2 heterocycles. The van der Waals surface area contributed by atoms with Crippen molar-refractivity contribution < 1.29 is 9.53 Å². The Hall–Kier alpha value is -2.69. The topological polar surface area (TPSA) is 57.0 Å². The van der Waals surface area contributed by atoms with Crippen molar-refractivity contribution in [3.05, 3.63) is 54.5 Å². The van der Waals surface area contributed by atoms with Gasteiger partial charge in [-0.05, 0) is 24.3 Å². The van der Waals surface area contributed by atoms with Gasteiger partial charge in [0.15, 0.2) is 5.82 Å². The van der Waals surface area contributed by atoms with Gasteiger partial charge < -0.3 is 4.74 Å². The summed E-state index contributed by atoms with van der Waals surface area (Å²) in [6.07, 6.45) is 3.29. The molecule has 0 unspecified atom stereocenters. The van der Waals surface area contributed by atoms with Crippen LogP contribution in [0.4, 0.5) is 0 Å². The lowest BCUT2D eigenvalue weighted by atomic mass is 10.2. The summed E-state index contributed by atoms with van der Waals surface area (Å²) in [6, 6.07) is 11.1. The Kier molecular flexibility index (Phi) is 2.72. The molecule has 2 aromatic heterocycles. The first-order valence-electron chi connectivity index (χ1n) is 5.77. The maximum Gasteiger partial charge on any atom is 0.341 e. The van der Waals surface area contributed by atoms with E-state index in [1.807, 2.05) is 24.3 Å². The molecule has 94 valence electrons. The van der Waals surface area contributed by atoms with E-state index in [2.05, 4.69) is 9.97 Å². The number of fused-ring (bicyclic) bond motifs is 1. The highest BCUT2D eigenvalue weighted by molar-refractivity contribution is 5.93. The van der Waals surface area contributed by atoms with Crippen LogP contribution in [0.25, 0.3) is 16.9 Å². The molecule has 0 saturated carbocycles. The molecule has 1 aromatic carbocycles. The molecule has 0 saturated heterocycles. The summed E-state index contributed by atoms with van der Waals surface area (Å²) in [4.78, 5) is 20.3. The Morgan fingerprint density at radius 3 is 2.84 bits per heavy atom. The largest absolute Gasteiger partial charge is 0.465 e. The lowest BCUT2D eigenvalue weighted by molar-refractivity contribution is 0.0600. The summed E-state index contributed by atoms with van der Waals surface area (Å²) < 4.78 is 6.55. The van der Waals surface area contributed by atoms with Gasteiger partial charge in [0.25, 0.3) is 0 Å². The minimum atomic E-state index is -0.416. The zero-order valence-electron chi connectivity index (χ0n) is 10.3. The summed E-state index contributed by atoms with van der Waals surface area (Å²) in [5.74, 6) is 0.101. The lowest BCUT2D eigenvalue weighted by Crippen LogP contribution is -2.08. The van der Waals surface area contributed by atoms with Crippen molar-refractivity contribution in [3.63, 3.8) is 0 Å². The summed E-state index contributed by atoms with van der Waals surface area (Å²) in [7, 11) is 1.35. The molecular formula is C14H11N3O2. The van der Waals surface area contributed by atoms with Crippen LogP contribution in [-0.2, 0) is 4.74 Å². The molecule has 0 spiro atoms. The second kappa shape index (κ2) is 4.53. The second-order valence-corrected chi connectivity index (χ2v) is 3.97. The van der Waals surface area contributed by atoms with E-state index in [0.717, 1.165) is 11.0 Å². The van der Waals surface area contributed by atoms with Gasteiger partial charge in [0.1, 0.15) is 11.9 Å². The smallest absolute Gasteiger partial charge is 0.341 e. The van der Waals surface area contributed by atoms with E-state index >= 15 is 0 Å². The number of hydrogen-bond acceptors (Lipinski definition) is 4. The number of para-hydroxylation sites is 2. The SMILES string of the molecule is COC(=O)c1cccnc1-n1cnc2ccccc21. The van der Waals surface area contributed by atoms with Crippen molar-refractivity contribution in [3.8, 4) is 5.82 Å². The van der Waals surface area contributed by atoms with Crippen molar-refractivity contribution in [2.45, 2.75) is 0 Å². The van der Waals surface area contributed by atoms with E-state index in [1.54, 1.807) is 29.2 Å². The summed E-state index contributed by atoms with van der Waals surface area (Å²) in [5, 5.41) is 0. The average Bonchev–Trinajstić information content (AvgIpc) is 2.90. The number of carbonyl (C=O) groups excluding carboxylic acids is 1. The van der Waals surface area contributed by atoms with Crippen LogP contribution < -0.4 is 0 Å². The number of pyridine rings is 1. The lowest BCUT2D eigenvalue weighted by Gasteiger charge is -2.07. The predicted octanol–water partition coefficient (Wildman–Crippen LogP) is 2.21. The summed E-state index contributed by atoms with van der Waals surface area (Å²) in [5.41, 5.74) is 2.16. The van der Waals surface area contributed by atoms with Gasteiger partial charge in [-0.2, -0.15) is 0 Å². The molecule has 3 aromatic rings. The van der Waals surface area contributed by atoms with Crippen LogP contribution in [-0.4, -0.2) is 27.6 Å². The number of esters is 1. The van der Waals surface area contributed by atoms with Gasteiger partial charge in [0, 0.05) is 6.20 Å². The number of carbonyl (C=O) groups is 1. The molecule has 0 radical (unpaired) electrons. The molecule has 0 aliphatic heterocycles. The van der Waals surface area contributed by atoms with Crippen LogP contribution in [0.5, 0.6) is 0 Å². The molecular weight excluding hydrogens is 242 g/mol. The number of benzene rings is 1. The highest BCUT2D eigenvalue weighted by Crippen LogP contribution is 2.19. The van der Waals surface area contributed by atoms with Gasteiger partial charge in [0.05, 0.1) is 18.1 Å². The fourth-order valence-electron chi connectivity index (χ4n) is 1.99. The first kappa shape index (κ1) is 11.4. The monoisotopic (exact) mass is 253 g/mol. The summed E-state index contributed by atoms with van der Waals surface area (Å²) >= 11 is 0. The zero-order chi connectivity index (χ0) is 13.2. The second-order valence-electron chi connectivity index (χ2n) is 3.97. The number of imidazole rings is 1. The van der Waals surface area contributed by atoms with Crippen LogP contribution in [0.1, 0.15) is 10.4 Å². The minimum Gasteiger partial charge on any atom is -0.465 e. The number of rotatable bonds is 2. The quantitative estimate of drug-likeness (QED) is 0.657. The van der Waals surface area contributed by atoms with Gasteiger partial charge >= 0.3 is 5.97 Å². The molecule has 5 nitrogen and oxygen atoms in total. The first-order valence-corrected chi connectivity index (χ1v) is 5.77. The van der Waals surface area contributed by atoms with Gasteiger partial charge in [-0.15, -0.1) is 0 Å². The fourth-order valence-corrected chi connectivity index (χ4v) is 1.99. The van der Waals surface area contributed by atoms with Gasteiger partial charge in [-0.25, -0.2) is 14.8 Å². The molecule has 0 fully saturated rings. The van der Waals surface area contributed by atoms with Gasteiger partial charge in [0.2, 0.25) is 0 Å². The first-order chi connectivity index (χ1) is 9.31. The molecule has 0 aliphatic rings. The van der Waals surface area contributed by atoms with Crippen molar-refractivity contribution in [1.82, 2.24) is 14.5 Å². The zero-order valence-corrected chi connectivity index (χ0v) is 10.3. The predicted molar refractivity (Wildman–Crippen MR) is 70.2 cm³/mol. The van der Waals surface area contributed by atoms with E-state index in [-0.39, 0.29) is 0 Å². The van der Waals surface area contributed by atoms with Gasteiger partial charge in [-0.3, -0.25) is 4.57 Å². The highest BCUT2D eigenvalue weighted by atomic mass is 16.5. The van der Waals surface area contributed by atoms with Crippen LogP contribution in [0.3, 0.4) is 0 Å². The molecule has 0 bridgehead atoms. The molecule has 19 heavy (non-hydrogen) atoms. The van der Waals surface area contributed by atoms with E-state index in [4.69, 9.17) is 4.74 Å². The van der Waals surface area contributed by atoms with Crippen molar-refractivity contribution in [1.29, 1.82) is 0 Å². The third-order valence-corrected chi connectivity index (χ3v) is 2.87.